The summed E-state index contributed by atoms with van der Waals surface area (Å²) in [5.74, 6) is 0.519. The Morgan fingerprint density at radius 2 is 1.90 bits per heavy atom. The summed E-state index contributed by atoms with van der Waals surface area (Å²) in [6, 6.07) is 8.78. The fraction of sp³-hybridized carbons (Fsp3) is 0.471. The lowest BCUT2D eigenvalue weighted by Crippen LogP contribution is -2.13. The molecule has 0 saturated heterocycles. The second kappa shape index (κ2) is 7.46. The van der Waals surface area contributed by atoms with Crippen LogP contribution in [-0.4, -0.2) is 15.1 Å². The fourth-order valence-corrected chi connectivity index (χ4v) is 3.38. The number of alkyl halides is 1. The molecule has 0 bridgehead atoms. The van der Waals surface area contributed by atoms with Crippen molar-refractivity contribution in [1.29, 1.82) is 0 Å². The highest BCUT2D eigenvalue weighted by Crippen LogP contribution is 2.25. The minimum atomic E-state index is 0.519. The lowest BCUT2D eigenvalue weighted by molar-refractivity contribution is 0.556. The van der Waals surface area contributed by atoms with Crippen LogP contribution in [0.5, 0.6) is 0 Å². The molecule has 4 heteroatoms. The van der Waals surface area contributed by atoms with Gasteiger partial charge in [0.05, 0.1) is 16.4 Å². The van der Waals surface area contributed by atoms with Gasteiger partial charge in [0.1, 0.15) is 0 Å². The van der Waals surface area contributed by atoms with E-state index >= 15 is 0 Å². The number of rotatable bonds is 6. The first-order chi connectivity index (χ1) is 10.0. The van der Waals surface area contributed by atoms with Crippen LogP contribution >= 0.6 is 27.5 Å². The first-order valence-electron chi connectivity index (χ1n) is 7.36. The van der Waals surface area contributed by atoms with Crippen LogP contribution in [0.15, 0.2) is 24.3 Å². The zero-order chi connectivity index (χ0) is 15.4. The molecule has 1 aromatic carbocycles. The van der Waals surface area contributed by atoms with Crippen LogP contribution in [0.2, 0.25) is 5.02 Å². The van der Waals surface area contributed by atoms with E-state index in [1.807, 2.05) is 11.7 Å². The third-order valence-electron chi connectivity index (χ3n) is 3.85. The summed E-state index contributed by atoms with van der Waals surface area (Å²) < 4.78 is 1.94. The number of halogens is 2. The second-order valence-corrected chi connectivity index (χ2v) is 6.62. The number of hydrogen-bond acceptors (Lipinski definition) is 1. The van der Waals surface area contributed by atoms with Gasteiger partial charge in [0, 0.05) is 12.4 Å². The Labute approximate surface area is 140 Å². The summed E-state index contributed by atoms with van der Waals surface area (Å²) in [6.07, 6.45) is 2.87. The Kier molecular flexibility index (Phi) is 5.88. The summed E-state index contributed by atoms with van der Waals surface area (Å²) in [4.78, 5) is 0. The van der Waals surface area contributed by atoms with E-state index in [4.69, 9.17) is 11.6 Å². The van der Waals surface area contributed by atoms with Gasteiger partial charge >= 0.3 is 0 Å². The largest absolute Gasteiger partial charge is 0.271 e. The van der Waals surface area contributed by atoms with Crippen molar-refractivity contribution in [3.05, 3.63) is 51.8 Å². The van der Waals surface area contributed by atoms with Gasteiger partial charge in [0.15, 0.2) is 0 Å². The molecule has 0 aliphatic carbocycles. The van der Waals surface area contributed by atoms with Gasteiger partial charge in [-0.25, -0.2) is 0 Å². The van der Waals surface area contributed by atoms with E-state index in [-0.39, 0.29) is 0 Å². The standard InChI is InChI=1S/C17H22BrClN2/c1-4-15-17(19)16(21(3)20-15)10-14(11-18)9-13-7-5-12(2)6-8-13/h5-8,14H,4,9-11H2,1-3H3. The minimum absolute atomic E-state index is 0.519. The number of aryl methyl sites for hydroxylation is 3. The van der Waals surface area contributed by atoms with Gasteiger partial charge in [-0.15, -0.1) is 0 Å². The molecule has 2 rings (SSSR count). The molecule has 21 heavy (non-hydrogen) atoms. The zero-order valence-electron chi connectivity index (χ0n) is 12.9. The Hall–Kier alpha value is -0.800. The first kappa shape index (κ1) is 16.6. The van der Waals surface area contributed by atoms with Crippen molar-refractivity contribution in [2.24, 2.45) is 13.0 Å². The Morgan fingerprint density at radius 1 is 1.24 bits per heavy atom. The topological polar surface area (TPSA) is 17.8 Å². The quantitative estimate of drug-likeness (QED) is 0.672. The zero-order valence-corrected chi connectivity index (χ0v) is 15.2. The van der Waals surface area contributed by atoms with E-state index in [1.165, 1.54) is 11.1 Å². The van der Waals surface area contributed by atoms with Crippen molar-refractivity contribution < 1.29 is 0 Å². The summed E-state index contributed by atoms with van der Waals surface area (Å²) in [5.41, 5.74) is 4.82. The first-order valence-corrected chi connectivity index (χ1v) is 8.86. The molecule has 1 atom stereocenters. The molecule has 2 nitrogen and oxygen atoms in total. The molecule has 0 fully saturated rings. The van der Waals surface area contributed by atoms with Gasteiger partial charge in [-0.05, 0) is 37.7 Å². The molecule has 1 aromatic heterocycles. The Morgan fingerprint density at radius 3 is 2.43 bits per heavy atom. The normalized spacial score (nSPS) is 12.6. The number of benzene rings is 1. The predicted molar refractivity (Wildman–Crippen MR) is 93.5 cm³/mol. The van der Waals surface area contributed by atoms with Crippen LogP contribution in [0.1, 0.15) is 29.4 Å². The molecule has 0 amide bonds. The van der Waals surface area contributed by atoms with Crippen LogP contribution in [0.4, 0.5) is 0 Å². The van der Waals surface area contributed by atoms with Gasteiger partial charge in [-0.1, -0.05) is 64.3 Å². The van der Waals surface area contributed by atoms with E-state index in [9.17, 15) is 0 Å². The molecule has 0 radical (unpaired) electrons. The van der Waals surface area contributed by atoms with E-state index in [1.54, 1.807) is 0 Å². The molecule has 114 valence electrons. The minimum Gasteiger partial charge on any atom is -0.271 e. The smallest absolute Gasteiger partial charge is 0.0849 e. The maximum atomic E-state index is 6.46. The SMILES string of the molecule is CCc1nn(C)c(CC(CBr)Cc2ccc(C)cc2)c1Cl. The molecule has 1 unspecified atom stereocenters. The van der Waals surface area contributed by atoms with E-state index < -0.39 is 0 Å². The third-order valence-corrected chi connectivity index (χ3v) is 5.20. The summed E-state index contributed by atoms with van der Waals surface area (Å²) in [7, 11) is 1.98. The van der Waals surface area contributed by atoms with Crippen molar-refractivity contribution in [1.82, 2.24) is 9.78 Å². The highest BCUT2D eigenvalue weighted by Gasteiger charge is 2.18. The van der Waals surface area contributed by atoms with E-state index in [2.05, 4.69) is 59.1 Å². The van der Waals surface area contributed by atoms with E-state index in [0.717, 1.165) is 41.0 Å². The summed E-state index contributed by atoms with van der Waals surface area (Å²) >= 11 is 10.1. The number of hydrogen-bond donors (Lipinski definition) is 0. The highest BCUT2D eigenvalue weighted by atomic mass is 79.9. The van der Waals surface area contributed by atoms with Gasteiger partial charge in [0.2, 0.25) is 0 Å². The van der Waals surface area contributed by atoms with Gasteiger partial charge in [-0.2, -0.15) is 5.10 Å². The molecule has 0 saturated carbocycles. The molecule has 0 aliphatic rings. The van der Waals surface area contributed by atoms with Crippen LogP contribution in [0, 0.1) is 12.8 Å². The summed E-state index contributed by atoms with van der Waals surface area (Å²) in [5, 5.41) is 6.31. The molecule has 2 aromatic rings. The van der Waals surface area contributed by atoms with Crippen molar-refractivity contribution in [2.75, 3.05) is 5.33 Å². The van der Waals surface area contributed by atoms with E-state index in [0.29, 0.717) is 5.92 Å². The molecule has 0 spiro atoms. The van der Waals surface area contributed by atoms with Crippen LogP contribution in [0.25, 0.3) is 0 Å². The molecule has 1 heterocycles. The third kappa shape index (κ3) is 4.10. The number of aromatic nitrogens is 2. The Balaban J connectivity index is 2.12. The average molecular weight is 370 g/mol. The lowest BCUT2D eigenvalue weighted by atomic mass is 9.96. The summed E-state index contributed by atoms with van der Waals surface area (Å²) in [6.45, 7) is 4.21. The molecule has 0 aliphatic heterocycles. The predicted octanol–water partition coefficient (Wildman–Crippen LogP) is 4.74. The van der Waals surface area contributed by atoms with Crippen molar-refractivity contribution in [2.45, 2.75) is 33.1 Å². The van der Waals surface area contributed by atoms with Crippen LogP contribution in [-0.2, 0) is 26.3 Å². The monoisotopic (exact) mass is 368 g/mol. The average Bonchev–Trinajstić information content (AvgIpc) is 2.75. The maximum absolute atomic E-state index is 6.46. The van der Waals surface area contributed by atoms with Crippen molar-refractivity contribution >= 4 is 27.5 Å². The Bertz CT molecular complexity index is 590. The molecule has 0 N–H and O–H groups in total. The van der Waals surface area contributed by atoms with Crippen LogP contribution < -0.4 is 0 Å². The fourth-order valence-electron chi connectivity index (χ4n) is 2.55. The highest BCUT2D eigenvalue weighted by molar-refractivity contribution is 9.09. The van der Waals surface area contributed by atoms with Gasteiger partial charge in [-0.3, -0.25) is 4.68 Å². The van der Waals surface area contributed by atoms with Gasteiger partial charge < -0.3 is 0 Å². The van der Waals surface area contributed by atoms with Crippen molar-refractivity contribution in [3.63, 3.8) is 0 Å². The van der Waals surface area contributed by atoms with Crippen LogP contribution in [0.3, 0.4) is 0 Å². The second-order valence-electron chi connectivity index (χ2n) is 5.60. The van der Waals surface area contributed by atoms with Crippen molar-refractivity contribution in [3.8, 4) is 0 Å². The molecular formula is C17H22BrClN2. The molecular weight excluding hydrogens is 348 g/mol. The number of nitrogens with zero attached hydrogens (tertiary/aromatic N) is 2. The maximum Gasteiger partial charge on any atom is 0.0849 e. The van der Waals surface area contributed by atoms with Gasteiger partial charge in [0.25, 0.3) is 0 Å². The lowest BCUT2D eigenvalue weighted by Gasteiger charge is -2.15.